The number of carbonyl (C=O) groups excluding carboxylic acids is 1. The molecule has 0 saturated heterocycles. The highest BCUT2D eigenvalue weighted by molar-refractivity contribution is 5.84. The van der Waals surface area contributed by atoms with E-state index in [4.69, 9.17) is 5.11 Å². The number of nitro groups is 1. The van der Waals surface area contributed by atoms with Crippen LogP contribution in [0.15, 0.2) is 30.3 Å². The van der Waals surface area contributed by atoms with E-state index >= 15 is 0 Å². The van der Waals surface area contributed by atoms with E-state index in [1.54, 1.807) is 30.3 Å². The summed E-state index contributed by atoms with van der Waals surface area (Å²) < 4.78 is 4.48. The predicted octanol–water partition coefficient (Wildman–Crippen LogP) is 1.49. The lowest BCUT2D eigenvalue weighted by Gasteiger charge is -2.07. The molecule has 0 aliphatic heterocycles. The van der Waals surface area contributed by atoms with E-state index in [1.807, 2.05) is 0 Å². The number of hydrazine groups is 1. The maximum absolute atomic E-state index is 11.1. The second-order valence-electron chi connectivity index (χ2n) is 2.87. The predicted molar refractivity (Wildman–Crippen MR) is 53.5 cm³/mol. The Hall–Kier alpha value is -2.64. The average Bonchev–Trinajstić information content (AvgIpc) is 2.27. The van der Waals surface area contributed by atoms with Gasteiger partial charge in [0.05, 0.1) is 5.01 Å². The second kappa shape index (κ2) is 5.45. The summed E-state index contributed by atoms with van der Waals surface area (Å²) in [5.41, 5.74) is 0.592. The number of benzene rings is 1. The Bertz CT molecular complexity index is 418. The summed E-state index contributed by atoms with van der Waals surface area (Å²) in [5, 5.41) is 16.7. The molecule has 0 aromatic heterocycles. The van der Waals surface area contributed by atoms with Crippen LogP contribution in [0.3, 0.4) is 0 Å². The summed E-state index contributed by atoms with van der Waals surface area (Å²) in [6.45, 7) is -0.239. The molecule has 0 heterocycles. The Kier molecular flexibility index (Phi) is 3.98. The van der Waals surface area contributed by atoms with E-state index in [1.165, 1.54) is 0 Å². The molecule has 1 N–H and O–H groups in total. The molecule has 8 nitrogen and oxygen atoms in total. The van der Waals surface area contributed by atoms with Crippen LogP contribution in [0.2, 0.25) is 0 Å². The van der Waals surface area contributed by atoms with Crippen molar-refractivity contribution in [2.45, 2.75) is 6.61 Å². The smallest absolute Gasteiger partial charge is 0.461 e. The highest BCUT2D eigenvalue weighted by Crippen LogP contribution is 2.03. The van der Waals surface area contributed by atoms with Crippen LogP contribution in [0.4, 0.5) is 9.59 Å². The molecule has 2 amide bonds. The molecule has 8 heteroatoms. The molecule has 0 fully saturated rings. The molecule has 0 bridgehead atoms. The van der Waals surface area contributed by atoms with Gasteiger partial charge >= 0.3 is 12.2 Å². The zero-order valence-electron chi connectivity index (χ0n) is 8.48. The molecule has 0 atom stereocenters. The summed E-state index contributed by atoms with van der Waals surface area (Å²) in [5.74, 6) is 0. The highest BCUT2D eigenvalue weighted by atomic mass is 16.7. The minimum atomic E-state index is -2.01. The van der Waals surface area contributed by atoms with Crippen LogP contribution in [0.5, 0.6) is 0 Å². The lowest BCUT2D eigenvalue weighted by atomic mass is 10.2. The average molecular weight is 240 g/mol. The van der Waals surface area contributed by atoms with E-state index < -0.39 is 22.2 Å². The normalized spacial score (nSPS) is 9.41. The number of carboxylic acid groups (broad SMARTS) is 1. The van der Waals surface area contributed by atoms with E-state index in [0.717, 1.165) is 0 Å². The van der Waals surface area contributed by atoms with Crippen LogP contribution >= 0.6 is 0 Å². The molecule has 0 saturated carbocycles. The van der Waals surface area contributed by atoms with Crippen molar-refractivity contribution in [2.75, 3.05) is 0 Å². The van der Waals surface area contributed by atoms with Gasteiger partial charge < -0.3 is 9.84 Å². The number of amides is 2. The first-order chi connectivity index (χ1) is 8.02. The first kappa shape index (κ1) is 12.4. The summed E-state index contributed by atoms with van der Waals surface area (Å²) in [6, 6.07) is 8.37. The summed E-state index contributed by atoms with van der Waals surface area (Å²) in [4.78, 5) is 31.7. The maximum Gasteiger partial charge on any atom is 0.480 e. The molecule has 17 heavy (non-hydrogen) atoms. The van der Waals surface area contributed by atoms with Crippen molar-refractivity contribution in [3.63, 3.8) is 0 Å². The minimum Gasteiger partial charge on any atom is -0.461 e. The highest BCUT2D eigenvalue weighted by Gasteiger charge is 2.34. The number of rotatable bonds is 3. The first-order valence-electron chi connectivity index (χ1n) is 4.40. The summed E-state index contributed by atoms with van der Waals surface area (Å²) in [7, 11) is 0. The van der Waals surface area contributed by atoms with Crippen molar-refractivity contribution < 1.29 is 24.5 Å². The van der Waals surface area contributed by atoms with E-state index in [0.29, 0.717) is 5.56 Å². The third-order valence-electron chi connectivity index (χ3n) is 1.72. The standard InChI is InChI=1S/C9H8N2O6/c12-8(13)10(11(15)16)9(14)17-6-7-4-2-1-3-5-7/h1-5H,6H2,(H,12,13). The number of imide groups is 1. The molecular formula is C9H8N2O6. The van der Waals surface area contributed by atoms with Gasteiger partial charge in [0.25, 0.3) is 0 Å². The van der Waals surface area contributed by atoms with Crippen LogP contribution in [-0.4, -0.2) is 27.3 Å². The van der Waals surface area contributed by atoms with Gasteiger partial charge in [0.2, 0.25) is 0 Å². The van der Waals surface area contributed by atoms with Crippen molar-refractivity contribution in [2.24, 2.45) is 0 Å². The van der Waals surface area contributed by atoms with E-state index in [2.05, 4.69) is 4.74 Å². The zero-order chi connectivity index (χ0) is 12.8. The van der Waals surface area contributed by atoms with Gasteiger partial charge in [-0.1, -0.05) is 30.3 Å². The topological polar surface area (TPSA) is 110 Å². The fraction of sp³-hybridized carbons (Fsp3) is 0.111. The van der Waals surface area contributed by atoms with Crippen molar-refractivity contribution >= 4 is 12.2 Å². The van der Waals surface area contributed by atoms with Gasteiger partial charge in [-0.15, -0.1) is 0 Å². The molecule has 1 aromatic carbocycles. The fourth-order valence-electron chi connectivity index (χ4n) is 0.995. The third kappa shape index (κ3) is 3.45. The number of nitrogens with zero attached hydrogens (tertiary/aromatic N) is 2. The first-order valence-corrected chi connectivity index (χ1v) is 4.40. The molecule has 1 aromatic rings. The van der Waals surface area contributed by atoms with Crippen LogP contribution in [0, 0.1) is 10.1 Å². The van der Waals surface area contributed by atoms with Crippen molar-refractivity contribution in [3.8, 4) is 0 Å². The minimum absolute atomic E-state index is 0.239. The molecular weight excluding hydrogens is 232 g/mol. The van der Waals surface area contributed by atoms with Gasteiger partial charge in [-0.3, -0.25) is 0 Å². The van der Waals surface area contributed by atoms with Gasteiger partial charge in [0.15, 0.2) is 5.03 Å². The molecule has 90 valence electrons. The number of carbonyl (C=O) groups is 2. The number of hydrogen-bond donors (Lipinski definition) is 1. The number of hydrogen-bond acceptors (Lipinski definition) is 5. The maximum atomic E-state index is 11.1. The van der Waals surface area contributed by atoms with Gasteiger partial charge in [0, 0.05) is 0 Å². The van der Waals surface area contributed by atoms with Crippen LogP contribution < -0.4 is 0 Å². The van der Waals surface area contributed by atoms with E-state index in [9.17, 15) is 19.7 Å². The second-order valence-corrected chi connectivity index (χ2v) is 2.87. The Balaban J connectivity index is 2.60. The fourth-order valence-corrected chi connectivity index (χ4v) is 0.995. The SMILES string of the molecule is O=C(O)N(C(=O)OCc1ccccc1)[N+](=O)[O-]. The molecule has 0 spiro atoms. The molecule has 0 unspecified atom stereocenters. The van der Waals surface area contributed by atoms with Crippen LogP contribution in [-0.2, 0) is 11.3 Å². The Morgan fingerprint density at radius 3 is 2.41 bits per heavy atom. The van der Waals surface area contributed by atoms with Crippen LogP contribution in [0.25, 0.3) is 0 Å². The monoisotopic (exact) mass is 240 g/mol. The van der Waals surface area contributed by atoms with Gasteiger partial charge in [0.1, 0.15) is 6.61 Å². The Morgan fingerprint density at radius 1 is 1.35 bits per heavy atom. The molecule has 0 radical (unpaired) electrons. The van der Waals surface area contributed by atoms with Crippen molar-refractivity contribution in [1.82, 2.24) is 5.01 Å². The third-order valence-corrected chi connectivity index (χ3v) is 1.72. The lowest BCUT2D eigenvalue weighted by Crippen LogP contribution is -2.40. The largest absolute Gasteiger partial charge is 0.480 e. The quantitative estimate of drug-likeness (QED) is 0.633. The summed E-state index contributed by atoms with van der Waals surface area (Å²) in [6.07, 6.45) is -3.56. The van der Waals surface area contributed by atoms with Gasteiger partial charge in [-0.2, -0.15) is 0 Å². The Morgan fingerprint density at radius 2 is 1.94 bits per heavy atom. The molecule has 1 rings (SSSR count). The summed E-state index contributed by atoms with van der Waals surface area (Å²) >= 11 is 0. The van der Waals surface area contributed by atoms with Gasteiger partial charge in [-0.05, 0) is 5.56 Å². The molecule has 0 aliphatic rings. The lowest BCUT2D eigenvalue weighted by molar-refractivity contribution is -0.615. The van der Waals surface area contributed by atoms with E-state index in [-0.39, 0.29) is 6.61 Å². The molecule has 0 aliphatic carbocycles. The van der Waals surface area contributed by atoms with Crippen molar-refractivity contribution in [3.05, 3.63) is 46.0 Å². The number of ether oxygens (including phenoxy) is 1. The Labute approximate surface area is 95.1 Å². The van der Waals surface area contributed by atoms with Crippen LogP contribution in [0.1, 0.15) is 5.56 Å². The van der Waals surface area contributed by atoms with Gasteiger partial charge in [-0.25, -0.2) is 19.7 Å². The van der Waals surface area contributed by atoms with Crippen molar-refractivity contribution in [1.29, 1.82) is 0 Å². The zero-order valence-corrected chi connectivity index (χ0v) is 8.48.